The maximum Gasteiger partial charge on any atom is 0.295 e. The number of aryl methyl sites for hydroxylation is 1. The van der Waals surface area contributed by atoms with Gasteiger partial charge in [0.2, 0.25) is 5.91 Å². The topological polar surface area (TPSA) is 80.5 Å². The van der Waals surface area contributed by atoms with Crippen LogP contribution in [0.2, 0.25) is 0 Å². The highest BCUT2D eigenvalue weighted by atomic mass is 16.6. The Morgan fingerprint density at radius 3 is 2.59 bits per heavy atom. The van der Waals surface area contributed by atoms with E-state index in [9.17, 15) is 19.7 Å². The maximum atomic E-state index is 11.6. The van der Waals surface area contributed by atoms with Crippen LogP contribution in [-0.4, -0.2) is 23.2 Å². The molecule has 0 aromatic heterocycles. The zero-order chi connectivity index (χ0) is 12.6. The molecule has 17 heavy (non-hydrogen) atoms. The van der Waals surface area contributed by atoms with Gasteiger partial charge in [-0.25, -0.2) is 0 Å². The molecule has 1 aliphatic rings. The van der Waals surface area contributed by atoms with Crippen LogP contribution in [0.5, 0.6) is 0 Å². The molecular weight excluding hydrogens is 224 g/mol. The molecule has 88 valence electrons. The van der Waals surface area contributed by atoms with Gasteiger partial charge in [0.05, 0.1) is 17.9 Å². The molecule has 6 nitrogen and oxygen atoms in total. The Bertz CT molecular complexity index is 524. The van der Waals surface area contributed by atoms with Gasteiger partial charge in [0, 0.05) is 5.56 Å². The fourth-order valence-electron chi connectivity index (χ4n) is 1.90. The minimum Gasteiger partial charge on any atom is -0.299 e. The molecular formula is C11H10N2O4. The maximum absolute atomic E-state index is 11.6. The lowest BCUT2D eigenvalue weighted by Gasteiger charge is -2.15. The smallest absolute Gasteiger partial charge is 0.295 e. The van der Waals surface area contributed by atoms with E-state index in [4.69, 9.17) is 0 Å². The van der Waals surface area contributed by atoms with Crippen molar-refractivity contribution in [2.24, 2.45) is 0 Å². The first kappa shape index (κ1) is 11.3. The quantitative estimate of drug-likeness (QED) is 0.437. The van der Waals surface area contributed by atoms with Crippen molar-refractivity contribution in [3.8, 4) is 0 Å². The van der Waals surface area contributed by atoms with Gasteiger partial charge in [0.25, 0.3) is 5.69 Å². The molecule has 1 aromatic rings. The Balaban J connectivity index is 2.52. The lowest BCUT2D eigenvalue weighted by atomic mass is 10.1. The number of anilines is 1. The first-order chi connectivity index (χ1) is 8.00. The van der Waals surface area contributed by atoms with Crippen LogP contribution in [0.1, 0.15) is 12.0 Å². The number of hydrogen-bond acceptors (Lipinski definition) is 4. The summed E-state index contributed by atoms with van der Waals surface area (Å²) < 4.78 is 0. The van der Waals surface area contributed by atoms with E-state index in [1.54, 1.807) is 19.1 Å². The van der Waals surface area contributed by atoms with Crippen LogP contribution in [0.3, 0.4) is 0 Å². The van der Waals surface area contributed by atoms with E-state index in [2.05, 4.69) is 0 Å². The third-order valence-electron chi connectivity index (χ3n) is 2.67. The second kappa shape index (κ2) is 3.97. The molecule has 1 heterocycles. The van der Waals surface area contributed by atoms with E-state index in [-0.39, 0.29) is 36.0 Å². The number of carbonyl (C=O) groups excluding carboxylic acids is 2. The highest BCUT2D eigenvalue weighted by Crippen LogP contribution is 2.33. The average molecular weight is 234 g/mol. The van der Waals surface area contributed by atoms with Crippen LogP contribution in [0, 0.1) is 17.0 Å². The first-order valence-electron chi connectivity index (χ1n) is 5.07. The number of rotatable bonds is 2. The Labute approximate surface area is 97.0 Å². The largest absolute Gasteiger partial charge is 0.299 e. The van der Waals surface area contributed by atoms with Gasteiger partial charge < -0.3 is 0 Å². The van der Waals surface area contributed by atoms with Crippen LogP contribution in [0.4, 0.5) is 11.4 Å². The summed E-state index contributed by atoms with van der Waals surface area (Å²) in [6.45, 7) is 1.52. The van der Waals surface area contributed by atoms with Gasteiger partial charge in [-0.2, -0.15) is 0 Å². The summed E-state index contributed by atoms with van der Waals surface area (Å²) in [5.41, 5.74) is 0.557. The second-order valence-corrected chi connectivity index (χ2v) is 3.90. The molecule has 0 saturated carbocycles. The van der Waals surface area contributed by atoms with E-state index in [1.165, 1.54) is 11.0 Å². The molecule has 0 N–H and O–H groups in total. The third kappa shape index (κ3) is 1.89. The summed E-state index contributed by atoms with van der Waals surface area (Å²) in [7, 11) is 0. The van der Waals surface area contributed by atoms with Gasteiger partial charge in [0.15, 0.2) is 5.78 Å². The van der Waals surface area contributed by atoms with Crippen molar-refractivity contribution < 1.29 is 14.5 Å². The van der Waals surface area contributed by atoms with Gasteiger partial charge in [-0.05, 0) is 13.0 Å². The van der Waals surface area contributed by atoms with Gasteiger partial charge >= 0.3 is 0 Å². The Morgan fingerprint density at radius 1 is 1.35 bits per heavy atom. The van der Waals surface area contributed by atoms with Crippen LogP contribution in [0.25, 0.3) is 0 Å². The number of hydrogen-bond donors (Lipinski definition) is 0. The van der Waals surface area contributed by atoms with Crippen molar-refractivity contribution in [2.45, 2.75) is 13.3 Å². The highest BCUT2D eigenvalue weighted by Gasteiger charge is 2.33. The fraction of sp³-hybridized carbons (Fsp3) is 0.273. The number of benzene rings is 1. The number of nitrogens with zero attached hydrogens (tertiary/aromatic N) is 2. The summed E-state index contributed by atoms with van der Waals surface area (Å²) in [4.78, 5) is 34.3. The molecule has 0 unspecified atom stereocenters. The molecule has 1 aliphatic heterocycles. The third-order valence-corrected chi connectivity index (χ3v) is 2.67. The van der Waals surface area contributed by atoms with Crippen LogP contribution < -0.4 is 4.90 Å². The van der Waals surface area contributed by atoms with Crippen molar-refractivity contribution >= 4 is 23.1 Å². The fourth-order valence-corrected chi connectivity index (χ4v) is 1.90. The second-order valence-electron chi connectivity index (χ2n) is 3.90. The highest BCUT2D eigenvalue weighted by molar-refractivity contribution is 6.15. The van der Waals surface area contributed by atoms with Gasteiger partial charge in [-0.15, -0.1) is 0 Å². The standard InChI is InChI=1S/C11H10N2O4/c1-7-3-2-4-9(11(7)13(16)17)12-6-8(14)5-10(12)15/h2-4H,5-6H2,1H3. The number of nitro benzene ring substituents is 1. The average Bonchev–Trinajstić information content (AvgIpc) is 2.56. The van der Waals surface area contributed by atoms with E-state index < -0.39 is 4.92 Å². The summed E-state index contributed by atoms with van der Waals surface area (Å²) in [6.07, 6.45) is -0.175. The van der Waals surface area contributed by atoms with E-state index in [0.29, 0.717) is 5.56 Å². The van der Waals surface area contributed by atoms with E-state index in [1.807, 2.05) is 0 Å². The number of ketones is 1. The molecule has 1 aromatic carbocycles. The van der Waals surface area contributed by atoms with Gasteiger partial charge in [-0.3, -0.25) is 24.6 Å². The molecule has 1 fully saturated rings. The minimum absolute atomic E-state index is 0.0802. The molecule has 1 saturated heterocycles. The number of para-hydroxylation sites is 1. The zero-order valence-corrected chi connectivity index (χ0v) is 9.17. The molecule has 2 rings (SSSR count). The molecule has 0 bridgehead atoms. The number of nitro groups is 1. The lowest BCUT2D eigenvalue weighted by molar-refractivity contribution is -0.384. The normalized spacial score (nSPS) is 15.5. The molecule has 6 heteroatoms. The number of amides is 1. The van der Waals surface area contributed by atoms with Crippen molar-refractivity contribution in [3.05, 3.63) is 33.9 Å². The Hall–Kier alpha value is -2.24. The molecule has 0 atom stereocenters. The van der Waals surface area contributed by atoms with E-state index in [0.717, 1.165) is 0 Å². The predicted molar refractivity (Wildman–Crippen MR) is 59.8 cm³/mol. The van der Waals surface area contributed by atoms with Crippen molar-refractivity contribution in [1.82, 2.24) is 0 Å². The molecule has 1 amide bonds. The monoisotopic (exact) mass is 234 g/mol. The Kier molecular flexibility index (Phi) is 2.63. The number of carbonyl (C=O) groups is 2. The summed E-state index contributed by atoms with van der Waals surface area (Å²) >= 11 is 0. The van der Waals surface area contributed by atoms with Gasteiger partial charge in [-0.1, -0.05) is 12.1 Å². The van der Waals surface area contributed by atoms with Crippen LogP contribution in [-0.2, 0) is 9.59 Å². The first-order valence-corrected chi connectivity index (χ1v) is 5.07. The van der Waals surface area contributed by atoms with Gasteiger partial charge in [0.1, 0.15) is 5.69 Å². The predicted octanol–water partition coefficient (Wildman–Crippen LogP) is 1.21. The lowest BCUT2D eigenvalue weighted by Crippen LogP contribution is -2.25. The van der Waals surface area contributed by atoms with Crippen molar-refractivity contribution in [3.63, 3.8) is 0 Å². The van der Waals surface area contributed by atoms with Crippen molar-refractivity contribution in [2.75, 3.05) is 11.4 Å². The number of Topliss-reactive ketones (excluding diaryl/α,β-unsaturated/α-hetero) is 1. The SMILES string of the molecule is Cc1cccc(N2CC(=O)CC2=O)c1[N+](=O)[O-]. The minimum atomic E-state index is -0.527. The molecule has 0 spiro atoms. The van der Waals surface area contributed by atoms with Crippen molar-refractivity contribution in [1.29, 1.82) is 0 Å². The molecule has 0 aliphatic carbocycles. The Morgan fingerprint density at radius 2 is 2.06 bits per heavy atom. The summed E-state index contributed by atoms with van der Waals surface area (Å²) in [5, 5.41) is 11.0. The summed E-state index contributed by atoms with van der Waals surface area (Å²) in [6, 6.07) is 4.72. The summed E-state index contributed by atoms with van der Waals surface area (Å²) in [5.74, 6) is -0.602. The van der Waals surface area contributed by atoms with Crippen LogP contribution >= 0.6 is 0 Å². The van der Waals surface area contributed by atoms with Crippen LogP contribution in [0.15, 0.2) is 18.2 Å². The molecule has 0 radical (unpaired) electrons. The van der Waals surface area contributed by atoms with E-state index >= 15 is 0 Å². The zero-order valence-electron chi connectivity index (χ0n) is 9.17.